The smallest absolute Gasteiger partial charge is 0.412 e. The number of halogens is 1. The van der Waals surface area contributed by atoms with Crippen LogP contribution in [0.5, 0.6) is 5.75 Å². The van der Waals surface area contributed by atoms with Crippen molar-refractivity contribution in [3.05, 3.63) is 81.1 Å². The summed E-state index contributed by atoms with van der Waals surface area (Å²) < 4.78 is 25.6. The average Bonchev–Trinajstić information content (AvgIpc) is 3.48. The number of hydrogen-bond donors (Lipinski definition) is 1. The molecular formula is C30H28FNO4S2. The molecule has 0 spiro atoms. The van der Waals surface area contributed by atoms with E-state index in [4.69, 9.17) is 9.47 Å². The summed E-state index contributed by atoms with van der Waals surface area (Å²) in [6.07, 6.45) is 0.718. The van der Waals surface area contributed by atoms with Gasteiger partial charge in [-0.3, -0.25) is 10.1 Å². The Morgan fingerprint density at radius 2 is 1.76 bits per heavy atom. The first-order valence-corrected chi connectivity index (χ1v) is 14.1. The highest BCUT2D eigenvalue weighted by Gasteiger charge is 2.48. The van der Waals surface area contributed by atoms with Gasteiger partial charge < -0.3 is 9.47 Å². The number of ketones is 1. The number of thiophene rings is 2. The second-order valence-corrected chi connectivity index (χ2v) is 11.4. The first-order valence-electron chi connectivity index (χ1n) is 12.3. The number of amides is 1. The minimum Gasteiger partial charge on any atom is -0.496 e. The number of Topliss-reactive ketones (excluding diaryl/α,β-unsaturated/α-hetero) is 1. The highest BCUT2D eigenvalue weighted by Crippen LogP contribution is 2.49. The third kappa shape index (κ3) is 4.98. The van der Waals surface area contributed by atoms with Crippen LogP contribution >= 0.6 is 22.7 Å². The van der Waals surface area contributed by atoms with E-state index in [1.54, 1.807) is 25.4 Å². The van der Waals surface area contributed by atoms with E-state index in [2.05, 4.69) is 5.32 Å². The van der Waals surface area contributed by atoms with Gasteiger partial charge in [0.2, 0.25) is 0 Å². The van der Waals surface area contributed by atoms with E-state index in [9.17, 15) is 14.0 Å². The van der Waals surface area contributed by atoms with Crippen LogP contribution in [0.15, 0.2) is 59.3 Å². The van der Waals surface area contributed by atoms with E-state index in [0.29, 0.717) is 21.9 Å². The van der Waals surface area contributed by atoms with Crippen LogP contribution in [-0.2, 0) is 14.9 Å². The molecule has 1 unspecified atom stereocenters. The maximum Gasteiger partial charge on any atom is 0.412 e. The van der Waals surface area contributed by atoms with Gasteiger partial charge in [-0.2, -0.15) is 15.7 Å². The number of nitrogens with one attached hydrogen (secondary N) is 1. The van der Waals surface area contributed by atoms with Crippen LogP contribution in [0.1, 0.15) is 49.5 Å². The van der Waals surface area contributed by atoms with Crippen molar-refractivity contribution in [2.45, 2.75) is 45.1 Å². The number of carbonyl (C=O) groups is 2. The molecule has 196 valence electrons. The highest BCUT2D eigenvalue weighted by molar-refractivity contribution is 7.14. The van der Waals surface area contributed by atoms with Gasteiger partial charge in [0.15, 0.2) is 5.13 Å². The standard InChI is InChI=1S/C30H28FNO4S2/c1-17-15-37-16-24(17)18(2)36-29(34)32-25-14-27(31)38-28(25)21-7-10-23(26(13-21)35-4)20-5-8-22(9-6-20)30(11-12-30)19(3)33/h5-10,13-16,18H,11-12H2,1-4H3,(H,32,34). The maximum absolute atomic E-state index is 14.4. The molecule has 0 aliphatic heterocycles. The maximum atomic E-state index is 14.4. The van der Waals surface area contributed by atoms with Gasteiger partial charge in [-0.15, -0.1) is 11.3 Å². The number of aryl methyl sites for hydroxylation is 1. The molecule has 2 heterocycles. The summed E-state index contributed by atoms with van der Waals surface area (Å²) in [4.78, 5) is 25.3. The lowest BCUT2D eigenvalue weighted by Crippen LogP contribution is -2.16. The van der Waals surface area contributed by atoms with Crippen molar-refractivity contribution < 1.29 is 23.5 Å². The zero-order chi connectivity index (χ0) is 27.0. The molecule has 2 aromatic heterocycles. The van der Waals surface area contributed by atoms with Crippen LogP contribution in [0.25, 0.3) is 21.6 Å². The molecule has 2 aromatic carbocycles. The Bertz CT molecular complexity index is 1500. The van der Waals surface area contributed by atoms with E-state index in [0.717, 1.165) is 52.0 Å². The quantitative estimate of drug-likeness (QED) is 0.239. The first kappa shape index (κ1) is 26.1. The lowest BCUT2D eigenvalue weighted by Gasteiger charge is -2.15. The highest BCUT2D eigenvalue weighted by atomic mass is 32.1. The third-order valence-electron chi connectivity index (χ3n) is 7.19. The molecule has 4 aromatic rings. The molecular weight excluding hydrogens is 521 g/mol. The van der Waals surface area contributed by atoms with Crippen molar-refractivity contribution in [2.75, 3.05) is 12.4 Å². The third-order valence-corrected chi connectivity index (χ3v) is 9.04. The molecule has 5 nitrogen and oxygen atoms in total. The minimum absolute atomic E-state index is 0.208. The Hall–Kier alpha value is -3.49. The predicted octanol–water partition coefficient (Wildman–Crippen LogP) is 8.53. The number of methoxy groups -OCH3 is 1. The molecule has 1 saturated carbocycles. The molecule has 8 heteroatoms. The van der Waals surface area contributed by atoms with Gasteiger partial charge >= 0.3 is 6.09 Å². The average molecular weight is 550 g/mol. The number of ether oxygens (including phenoxy) is 2. The van der Waals surface area contributed by atoms with Gasteiger partial charge in [-0.05, 0) is 72.7 Å². The monoisotopic (exact) mass is 549 g/mol. The minimum atomic E-state index is -0.648. The molecule has 0 bridgehead atoms. The summed E-state index contributed by atoms with van der Waals surface area (Å²) in [6.45, 7) is 5.44. The molecule has 38 heavy (non-hydrogen) atoms. The Kier molecular flexibility index (Phi) is 7.11. The lowest BCUT2D eigenvalue weighted by molar-refractivity contribution is -0.119. The zero-order valence-corrected chi connectivity index (χ0v) is 23.2. The Balaban J connectivity index is 1.37. The van der Waals surface area contributed by atoms with E-state index >= 15 is 0 Å². The molecule has 1 amide bonds. The van der Waals surface area contributed by atoms with Crippen molar-refractivity contribution in [1.29, 1.82) is 0 Å². The Morgan fingerprint density at radius 3 is 2.37 bits per heavy atom. The zero-order valence-electron chi connectivity index (χ0n) is 21.6. The van der Waals surface area contributed by atoms with Gasteiger partial charge in [-0.25, -0.2) is 4.79 Å². The van der Waals surface area contributed by atoms with Crippen LogP contribution in [0.2, 0.25) is 0 Å². The number of anilines is 1. The number of benzene rings is 2. The van der Waals surface area contributed by atoms with Crippen LogP contribution in [-0.4, -0.2) is 19.0 Å². The largest absolute Gasteiger partial charge is 0.496 e. The van der Waals surface area contributed by atoms with Gasteiger partial charge in [0.05, 0.1) is 23.1 Å². The fourth-order valence-electron chi connectivity index (χ4n) is 4.83. The van der Waals surface area contributed by atoms with Crippen LogP contribution in [0.3, 0.4) is 0 Å². The van der Waals surface area contributed by atoms with Crippen molar-refractivity contribution >= 4 is 40.2 Å². The topological polar surface area (TPSA) is 64.6 Å². The number of rotatable bonds is 8. The van der Waals surface area contributed by atoms with Crippen LogP contribution in [0.4, 0.5) is 14.9 Å². The summed E-state index contributed by atoms with van der Waals surface area (Å²) in [5.74, 6) is 0.825. The Morgan fingerprint density at radius 1 is 1.05 bits per heavy atom. The molecule has 1 aliphatic rings. The van der Waals surface area contributed by atoms with Crippen molar-refractivity contribution in [3.63, 3.8) is 0 Å². The normalized spacial score (nSPS) is 14.6. The summed E-state index contributed by atoms with van der Waals surface area (Å²) in [5, 5.41) is 6.24. The molecule has 0 radical (unpaired) electrons. The van der Waals surface area contributed by atoms with E-state index in [-0.39, 0.29) is 11.2 Å². The first-order chi connectivity index (χ1) is 18.2. The Labute approximate surface area is 229 Å². The fourth-order valence-corrected chi connectivity index (χ4v) is 6.60. The summed E-state index contributed by atoms with van der Waals surface area (Å²) >= 11 is 2.49. The van der Waals surface area contributed by atoms with Gasteiger partial charge in [0.1, 0.15) is 17.6 Å². The van der Waals surface area contributed by atoms with E-state index < -0.39 is 17.3 Å². The van der Waals surface area contributed by atoms with Crippen LogP contribution < -0.4 is 10.1 Å². The molecule has 5 rings (SSSR count). The molecule has 1 aliphatic carbocycles. The second kappa shape index (κ2) is 10.3. The summed E-state index contributed by atoms with van der Waals surface area (Å²) in [6, 6.07) is 14.9. The van der Waals surface area contributed by atoms with E-state index in [1.165, 1.54) is 6.07 Å². The van der Waals surface area contributed by atoms with Crippen molar-refractivity contribution in [3.8, 4) is 27.3 Å². The van der Waals surface area contributed by atoms with Gasteiger partial charge in [0.25, 0.3) is 0 Å². The number of carbonyl (C=O) groups excluding carboxylic acids is 2. The summed E-state index contributed by atoms with van der Waals surface area (Å²) in [5.41, 5.74) is 5.61. The van der Waals surface area contributed by atoms with E-state index in [1.807, 2.05) is 67.1 Å². The molecule has 0 saturated heterocycles. The number of hydrogen-bond acceptors (Lipinski definition) is 6. The van der Waals surface area contributed by atoms with Gasteiger partial charge in [0, 0.05) is 17.2 Å². The lowest BCUT2D eigenvalue weighted by atomic mass is 9.90. The summed E-state index contributed by atoms with van der Waals surface area (Å²) in [7, 11) is 1.59. The predicted molar refractivity (Wildman–Crippen MR) is 151 cm³/mol. The fraction of sp³-hybridized carbons (Fsp3) is 0.267. The second-order valence-electron chi connectivity index (χ2n) is 9.61. The van der Waals surface area contributed by atoms with Crippen molar-refractivity contribution in [2.24, 2.45) is 0 Å². The molecule has 1 fully saturated rings. The molecule has 1 atom stereocenters. The SMILES string of the molecule is COc1cc(-c2sc(F)cc2NC(=O)OC(C)c2cscc2C)ccc1-c1ccc(C2(C(C)=O)CC2)cc1. The van der Waals surface area contributed by atoms with Gasteiger partial charge in [-0.1, -0.05) is 36.4 Å². The molecule has 1 N–H and O–H groups in total. The van der Waals surface area contributed by atoms with Crippen LogP contribution in [0, 0.1) is 12.1 Å². The van der Waals surface area contributed by atoms with Crippen molar-refractivity contribution in [1.82, 2.24) is 0 Å².